The van der Waals surface area contributed by atoms with Crippen molar-refractivity contribution < 1.29 is 14.3 Å². The van der Waals surface area contributed by atoms with Crippen LogP contribution in [0.4, 0.5) is 5.69 Å². The van der Waals surface area contributed by atoms with Gasteiger partial charge < -0.3 is 15.4 Å². The SMILES string of the molecule is Cc1cccc(C(=O)NC(C)C(=O)Nc2ccc(Oc3ccccc3)cc2)c1. The van der Waals surface area contributed by atoms with Gasteiger partial charge in [-0.2, -0.15) is 0 Å². The molecule has 2 amide bonds. The highest BCUT2D eigenvalue weighted by Gasteiger charge is 2.17. The van der Waals surface area contributed by atoms with Gasteiger partial charge in [0.15, 0.2) is 0 Å². The minimum atomic E-state index is -0.673. The van der Waals surface area contributed by atoms with Crippen molar-refractivity contribution in [2.45, 2.75) is 19.9 Å². The Morgan fingerprint density at radius 3 is 2.21 bits per heavy atom. The van der Waals surface area contributed by atoms with E-state index >= 15 is 0 Å². The summed E-state index contributed by atoms with van der Waals surface area (Å²) in [5, 5.41) is 5.50. The van der Waals surface area contributed by atoms with Crippen LogP contribution in [0, 0.1) is 6.92 Å². The minimum Gasteiger partial charge on any atom is -0.457 e. The van der Waals surface area contributed by atoms with Crippen LogP contribution in [0.2, 0.25) is 0 Å². The van der Waals surface area contributed by atoms with Gasteiger partial charge in [0, 0.05) is 11.3 Å². The fraction of sp³-hybridized carbons (Fsp3) is 0.130. The molecule has 0 spiro atoms. The molecular formula is C23H22N2O3. The molecule has 0 fully saturated rings. The molecule has 2 N–H and O–H groups in total. The van der Waals surface area contributed by atoms with Crippen molar-refractivity contribution in [3.8, 4) is 11.5 Å². The van der Waals surface area contributed by atoms with E-state index in [-0.39, 0.29) is 11.8 Å². The van der Waals surface area contributed by atoms with Gasteiger partial charge in [0.05, 0.1) is 0 Å². The lowest BCUT2D eigenvalue weighted by atomic mass is 10.1. The number of benzene rings is 3. The first kappa shape index (κ1) is 19.2. The van der Waals surface area contributed by atoms with Gasteiger partial charge >= 0.3 is 0 Å². The third-order valence-electron chi connectivity index (χ3n) is 4.12. The van der Waals surface area contributed by atoms with Crippen molar-refractivity contribution >= 4 is 17.5 Å². The van der Waals surface area contributed by atoms with E-state index in [1.54, 1.807) is 43.3 Å². The Morgan fingerprint density at radius 2 is 1.54 bits per heavy atom. The number of carbonyl (C=O) groups excluding carboxylic acids is 2. The van der Waals surface area contributed by atoms with E-state index < -0.39 is 6.04 Å². The summed E-state index contributed by atoms with van der Waals surface area (Å²) in [5.41, 5.74) is 2.15. The van der Waals surface area contributed by atoms with Gasteiger partial charge in [-0.1, -0.05) is 35.9 Å². The monoisotopic (exact) mass is 374 g/mol. The summed E-state index contributed by atoms with van der Waals surface area (Å²) in [6.07, 6.45) is 0. The summed E-state index contributed by atoms with van der Waals surface area (Å²) in [5.74, 6) is 0.840. The van der Waals surface area contributed by atoms with Gasteiger partial charge in [-0.3, -0.25) is 9.59 Å². The Hall–Kier alpha value is -3.60. The van der Waals surface area contributed by atoms with Crippen molar-refractivity contribution in [2.75, 3.05) is 5.32 Å². The van der Waals surface area contributed by atoms with E-state index in [1.165, 1.54) is 0 Å². The van der Waals surface area contributed by atoms with Crippen LogP contribution in [0.1, 0.15) is 22.8 Å². The van der Waals surface area contributed by atoms with Crippen molar-refractivity contribution in [3.05, 3.63) is 90.0 Å². The molecule has 0 heterocycles. The third kappa shape index (κ3) is 5.20. The molecule has 5 nitrogen and oxygen atoms in total. The van der Waals surface area contributed by atoms with Gasteiger partial charge in [0.2, 0.25) is 5.91 Å². The quantitative estimate of drug-likeness (QED) is 0.665. The lowest BCUT2D eigenvalue weighted by Gasteiger charge is -2.15. The molecule has 28 heavy (non-hydrogen) atoms. The van der Waals surface area contributed by atoms with Gasteiger partial charge in [0.25, 0.3) is 5.91 Å². The van der Waals surface area contributed by atoms with Crippen LogP contribution < -0.4 is 15.4 Å². The molecule has 1 unspecified atom stereocenters. The Kier molecular flexibility index (Phi) is 6.07. The lowest BCUT2D eigenvalue weighted by molar-refractivity contribution is -0.117. The number of aryl methyl sites for hydroxylation is 1. The average molecular weight is 374 g/mol. The predicted molar refractivity (Wildman–Crippen MR) is 110 cm³/mol. The first-order valence-electron chi connectivity index (χ1n) is 9.02. The number of carbonyl (C=O) groups is 2. The number of rotatable bonds is 6. The van der Waals surface area contributed by atoms with Crippen LogP contribution in [0.15, 0.2) is 78.9 Å². The second kappa shape index (κ2) is 8.86. The number of para-hydroxylation sites is 1. The number of ether oxygens (including phenoxy) is 1. The van der Waals surface area contributed by atoms with Crippen molar-refractivity contribution in [2.24, 2.45) is 0 Å². The molecule has 0 aliphatic rings. The van der Waals surface area contributed by atoms with Crippen LogP contribution in [0.25, 0.3) is 0 Å². The molecule has 0 saturated heterocycles. The summed E-state index contributed by atoms with van der Waals surface area (Å²) in [6.45, 7) is 3.56. The van der Waals surface area contributed by atoms with Crippen LogP contribution in [-0.2, 0) is 4.79 Å². The van der Waals surface area contributed by atoms with E-state index in [0.29, 0.717) is 17.0 Å². The Balaban J connectivity index is 1.55. The molecule has 0 bridgehead atoms. The fourth-order valence-electron chi connectivity index (χ4n) is 2.61. The highest BCUT2D eigenvalue weighted by Crippen LogP contribution is 2.22. The zero-order valence-corrected chi connectivity index (χ0v) is 15.8. The summed E-state index contributed by atoms with van der Waals surface area (Å²) < 4.78 is 5.73. The van der Waals surface area contributed by atoms with Gasteiger partial charge in [-0.15, -0.1) is 0 Å². The number of anilines is 1. The molecular weight excluding hydrogens is 352 g/mol. The number of amides is 2. The standard InChI is InChI=1S/C23H22N2O3/c1-16-7-6-8-18(15-16)23(27)24-17(2)22(26)25-19-11-13-21(14-12-19)28-20-9-4-3-5-10-20/h3-15,17H,1-2H3,(H,24,27)(H,25,26). The number of hydrogen-bond acceptors (Lipinski definition) is 3. The second-order valence-corrected chi connectivity index (χ2v) is 6.49. The number of hydrogen-bond donors (Lipinski definition) is 2. The van der Waals surface area contributed by atoms with Crippen LogP contribution >= 0.6 is 0 Å². The molecule has 0 radical (unpaired) electrons. The second-order valence-electron chi connectivity index (χ2n) is 6.49. The maximum atomic E-state index is 12.4. The number of nitrogens with one attached hydrogen (secondary N) is 2. The van der Waals surface area contributed by atoms with Crippen LogP contribution in [0.3, 0.4) is 0 Å². The largest absolute Gasteiger partial charge is 0.457 e. The molecule has 3 rings (SSSR count). The summed E-state index contributed by atoms with van der Waals surface area (Å²) in [6, 6.07) is 23.1. The topological polar surface area (TPSA) is 67.4 Å². The minimum absolute atomic E-state index is 0.280. The third-order valence-corrected chi connectivity index (χ3v) is 4.12. The van der Waals surface area contributed by atoms with Gasteiger partial charge in [-0.05, 0) is 62.4 Å². The maximum absolute atomic E-state index is 12.4. The fourth-order valence-corrected chi connectivity index (χ4v) is 2.61. The molecule has 0 aliphatic heterocycles. The molecule has 142 valence electrons. The molecule has 3 aromatic rings. The molecule has 0 aliphatic carbocycles. The predicted octanol–water partition coefficient (Wildman–Crippen LogP) is 4.54. The summed E-state index contributed by atoms with van der Waals surface area (Å²) in [4.78, 5) is 24.6. The normalized spacial score (nSPS) is 11.4. The van der Waals surface area contributed by atoms with Crippen molar-refractivity contribution in [1.29, 1.82) is 0 Å². The molecule has 5 heteroatoms. The molecule has 1 atom stereocenters. The zero-order valence-electron chi connectivity index (χ0n) is 15.8. The van der Waals surface area contributed by atoms with Gasteiger partial charge in [-0.25, -0.2) is 0 Å². The Labute approximate surface area is 164 Å². The van der Waals surface area contributed by atoms with Crippen molar-refractivity contribution in [1.82, 2.24) is 5.32 Å². The lowest BCUT2D eigenvalue weighted by Crippen LogP contribution is -2.41. The van der Waals surface area contributed by atoms with Gasteiger partial charge in [0.1, 0.15) is 17.5 Å². The summed E-state index contributed by atoms with van der Waals surface area (Å²) >= 11 is 0. The smallest absolute Gasteiger partial charge is 0.251 e. The van der Waals surface area contributed by atoms with E-state index in [2.05, 4.69) is 10.6 Å². The Bertz CT molecular complexity index is 953. The first-order chi connectivity index (χ1) is 13.5. The van der Waals surface area contributed by atoms with Crippen molar-refractivity contribution in [3.63, 3.8) is 0 Å². The maximum Gasteiger partial charge on any atom is 0.251 e. The van der Waals surface area contributed by atoms with Crippen LogP contribution in [0.5, 0.6) is 11.5 Å². The zero-order chi connectivity index (χ0) is 19.9. The van der Waals surface area contributed by atoms with E-state index in [1.807, 2.05) is 49.4 Å². The highest BCUT2D eigenvalue weighted by atomic mass is 16.5. The summed E-state index contributed by atoms with van der Waals surface area (Å²) in [7, 11) is 0. The first-order valence-corrected chi connectivity index (χ1v) is 9.02. The molecule has 0 aromatic heterocycles. The molecule has 0 saturated carbocycles. The van der Waals surface area contributed by atoms with E-state index in [4.69, 9.17) is 4.74 Å². The Morgan fingerprint density at radius 1 is 0.857 bits per heavy atom. The van der Waals surface area contributed by atoms with E-state index in [9.17, 15) is 9.59 Å². The van der Waals surface area contributed by atoms with Crippen LogP contribution in [-0.4, -0.2) is 17.9 Å². The average Bonchev–Trinajstić information content (AvgIpc) is 2.70. The molecule has 3 aromatic carbocycles. The van der Waals surface area contributed by atoms with E-state index in [0.717, 1.165) is 11.3 Å². The highest BCUT2D eigenvalue weighted by molar-refractivity contribution is 6.01.